The highest BCUT2D eigenvalue weighted by Gasteiger charge is 2.19. The van der Waals surface area contributed by atoms with Gasteiger partial charge in [-0.1, -0.05) is 6.08 Å². The van der Waals surface area contributed by atoms with Gasteiger partial charge in [0.25, 0.3) is 0 Å². The molecule has 2 aliphatic heterocycles. The Hall–Kier alpha value is -2.85. The van der Waals surface area contributed by atoms with Crippen LogP contribution in [0.15, 0.2) is 35.8 Å². The molecule has 0 spiro atoms. The van der Waals surface area contributed by atoms with Crippen molar-refractivity contribution in [3.05, 3.63) is 35.8 Å². The molecule has 2 heterocycles. The minimum atomic E-state index is -0.987. The molecule has 2 bridgehead atoms. The van der Waals surface area contributed by atoms with Gasteiger partial charge in [-0.05, 0) is 12.2 Å². The van der Waals surface area contributed by atoms with E-state index in [2.05, 4.69) is 5.32 Å². The number of hydrogen-bond acceptors (Lipinski definition) is 7. The van der Waals surface area contributed by atoms with Crippen LogP contribution in [-0.4, -0.2) is 100 Å². The number of aliphatic carboxylic acids is 3. The van der Waals surface area contributed by atoms with Gasteiger partial charge < -0.3 is 25.5 Å². The summed E-state index contributed by atoms with van der Waals surface area (Å²) in [6.45, 7) is 1.21. The second kappa shape index (κ2) is 9.74. The predicted molar refractivity (Wildman–Crippen MR) is 95.8 cm³/mol. The maximum Gasteiger partial charge on any atom is 0.323 e. The topological polar surface area (TPSA) is 134 Å². The van der Waals surface area contributed by atoms with E-state index in [0.717, 1.165) is 5.70 Å². The smallest absolute Gasteiger partial charge is 0.323 e. The van der Waals surface area contributed by atoms with E-state index in [1.807, 2.05) is 12.2 Å². The summed E-state index contributed by atoms with van der Waals surface area (Å²) in [5.41, 5.74) is 1.47. The summed E-state index contributed by atoms with van der Waals surface area (Å²) in [7, 11) is 0. The Balaban J connectivity index is 2.23. The summed E-state index contributed by atoms with van der Waals surface area (Å²) in [5.74, 6) is -2.92. The number of rotatable bonds is 6. The molecule has 0 aromatic heterocycles. The van der Waals surface area contributed by atoms with Gasteiger partial charge in [0.05, 0.1) is 18.8 Å². The molecule has 10 heteroatoms. The number of nitrogens with zero attached hydrogens (tertiary/aromatic N) is 3. The molecule has 148 valence electrons. The van der Waals surface area contributed by atoms with E-state index in [4.69, 9.17) is 15.3 Å². The molecule has 0 aliphatic carbocycles. The molecule has 2 aliphatic rings. The summed E-state index contributed by atoms with van der Waals surface area (Å²) in [4.78, 5) is 38.4. The van der Waals surface area contributed by atoms with Gasteiger partial charge in [-0.2, -0.15) is 0 Å². The average molecular weight is 380 g/mol. The van der Waals surface area contributed by atoms with E-state index in [9.17, 15) is 14.4 Å². The lowest BCUT2D eigenvalue weighted by molar-refractivity contribution is -0.140. The molecule has 2 rings (SSSR count). The van der Waals surface area contributed by atoms with Crippen LogP contribution in [0.3, 0.4) is 0 Å². The molecule has 0 amide bonds. The molecule has 0 saturated carbocycles. The van der Waals surface area contributed by atoms with Crippen LogP contribution < -0.4 is 5.32 Å². The highest BCUT2D eigenvalue weighted by Crippen LogP contribution is 2.10. The van der Waals surface area contributed by atoms with Gasteiger partial charge in [-0.15, -0.1) is 0 Å². The van der Waals surface area contributed by atoms with Gasteiger partial charge in [0.2, 0.25) is 0 Å². The van der Waals surface area contributed by atoms with Crippen LogP contribution in [0.1, 0.15) is 0 Å². The van der Waals surface area contributed by atoms with Gasteiger partial charge in [0.15, 0.2) is 0 Å². The summed E-state index contributed by atoms with van der Waals surface area (Å²) < 4.78 is 0. The molecule has 0 fully saturated rings. The fraction of sp³-hybridized carbons (Fsp3) is 0.471. The lowest BCUT2D eigenvalue weighted by atomic mass is 10.2. The molecular formula is C17H24N4O6. The molecule has 10 nitrogen and oxygen atoms in total. The van der Waals surface area contributed by atoms with Crippen LogP contribution in [0, 0.1) is 0 Å². The zero-order valence-corrected chi connectivity index (χ0v) is 14.9. The van der Waals surface area contributed by atoms with E-state index in [-0.39, 0.29) is 19.6 Å². The molecule has 0 radical (unpaired) electrons. The van der Waals surface area contributed by atoms with Crippen LogP contribution in [0.25, 0.3) is 0 Å². The number of dihydropyridines is 1. The van der Waals surface area contributed by atoms with Crippen molar-refractivity contribution in [2.45, 2.75) is 0 Å². The lowest BCUT2D eigenvalue weighted by Crippen LogP contribution is -2.44. The molecule has 0 aromatic carbocycles. The van der Waals surface area contributed by atoms with Gasteiger partial charge in [0.1, 0.15) is 6.54 Å². The van der Waals surface area contributed by atoms with Crippen LogP contribution in [0.5, 0.6) is 0 Å². The van der Waals surface area contributed by atoms with Crippen molar-refractivity contribution in [2.24, 2.45) is 0 Å². The second-order valence-electron chi connectivity index (χ2n) is 6.40. The third-order valence-electron chi connectivity index (χ3n) is 4.09. The van der Waals surface area contributed by atoms with Gasteiger partial charge >= 0.3 is 17.9 Å². The summed E-state index contributed by atoms with van der Waals surface area (Å²) in [6, 6.07) is 0. The number of carboxylic acids is 3. The number of allylic oxidation sites excluding steroid dienone is 3. The molecule has 0 saturated heterocycles. The van der Waals surface area contributed by atoms with Crippen LogP contribution in [-0.2, 0) is 14.4 Å². The van der Waals surface area contributed by atoms with Gasteiger partial charge in [-0.3, -0.25) is 24.2 Å². The average Bonchev–Trinajstić information content (AvgIpc) is 2.55. The summed E-state index contributed by atoms with van der Waals surface area (Å²) in [5, 5.41) is 30.5. The Kier molecular flexibility index (Phi) is 7.38. The number of nitrogens with one attached hydrogen (secondary N) is 1. The number of carboxylic acid groups (broad SMARTS) is 3. The number of hydrogen-bond donors (Lipinski definition) is 4. The highest BCUT2D eigenvalue weighted by molar-refractivity contribution is 5.70. The highest BCUT2D eigenvalue weighted by atomic mass is 16.4. The quantitative estimate of drug-likeness (QED) is 0.457. The third kappa shape index (κ3) is 7.50. The van der Waals surface area contributed by atoms with Gasteiger partial charge in [-0.25, -0.2) is 0 Å². The normalized spacial score (nSPS) is 21.1. The fourth-order valence-electron chi connectivity index (χ4n) is 2.92. The van der Waals surface area contributed by atoms with E-state index in [0.29, 0.717) is 38.4 Å². The molecule has 27 heavy (non-hydrogen) atoms. The van der Waals surface area contributed by atoms with E-state index in [1.54, 1.807) is 27.0 Å². The Morgan fingerprint density at radius 1 is 0.889 bits per heavy atom. The Bertz CT molecular complexity index is 672. The van der Waals surface area contributed by atoms with Crippen molar-refractivity contribution in [1.29, 1.82) is 0 Å². The standard InChI is InChI=1S/C17H24N4O6/c22-15(23)10-19-4-6-20(11-16(24)25)8-13-2-1-3-14(18-13)9-21(7-5-19)12-17(26)27/h1-3,8,18H,4-7,9-12H2,(H,22,23)(H,24,25)(H,26,27)/b13-8-. The Morgan fingerprint density at radius 2 is 1.48 bits per heavy atom. The lowest BCUT2D eigenvalue weighted by Gasteiger charge is -2.31. The first kappa shape index (κ1) is 20.5. The molecule has 0 aromatic rings. The first-order valence-corrected chi connectivity index (χ1v) is 8.52. The molecule has 4 N–H and O–H groups in total. The second-order valence-corrected chi connectivity index (χ2v) is 6.40. The summed E-state index contributed by atoms with van der Waals surface area (Å²) in [6.07, 6.45) is 7.12. The predicted octanol–water partition coefficient (Wildman–Crippen LogP) is -0.955. The largest absolute Gasteiger partial charge is 0.480 e. The monoisotopic (exact) mass is 380 g/mol. The first-order chi connectivity index (χ1) is 12.8. The zero-order chi connectivity index (χ0) is 19.8. The zero-order valence-electron chi connectivity index (χ0n) is 14.9. The van der Waals surface area contributed by atoms with Crippen LogP contribution in [0.2, 0.25) is 0 Å². The Labute approximate surface area is 156 Å². The SMILES string of the molecule is O=C(O)CN1/C=C2/C=CC=C(CN(CC(=O)O)CCN(CC(=O)O)CC1)N2. The minimum Gasteiger partial charge on any atom is -0.480 e. The van der Waals surface area contributed by atoms with Crippen molar-refractivity contribution in [1.82, 2.24) is 20.0 Å². The van der Waals surface area contributed by atoms with E-state index < -0.39 is 17.9 Å². The molecular weight excluding hydrogens is 356 g/mol. The van der Waals surface area contributed by atoms with Gasteiger partial charge in [0, 0.05) is 44.6 Å². The van der Waals surface area contributed by atoms with Crippen molar-refractivity contribution in [3.63, 3.8) is 0 Å². The van der Waals surface area contributed by atoms with Crippen molar-refractivity contribution in [2.75, 3.05) is 52.4 Å². The first-order valence-electron chi connectivity index (χ1n) is 8.52. The van der Waals surface area contributed by atoms with Crippen LogP contribution >= 0.6 is 0 Å². The molecule has 0 atom stereocenters. The van der Waals surface area contributed by atoms with Crippen molar-refractivity contribution in [3.8, 4) is 0 Å². The molecule has 0 unspecified atom stereocenters. The van der Waals surface area contributed by atoms with Crippen molar-refractivity contribution < 1.29 is 29.7 Å². The number of carbonyl (C=O) groups is 3. The number of fused-ring (bicyclic) bond motifs is 2. The van der Waals surface area contributed by atoms with E-state index >= 15 is 0 Å². The van der Waals surface area contributed by atoms with Crippen molar-refractivity contribution >= 4 is 17.9 Å². The maximum atomic E-state index is 11.1. The van der Waals surface area contributed by atoms with Crippen LogP contribution in [0.4, 0.5) is 0 Å². The minimum absolute atomic E-state index is 0.159. The Morgan fingerprint density at radius 3 is 2.15 bits per heavy atom. The summed E-state index contributed by atoms with van der Waals surface area (Å²) >= 11 is 0. The van der Waals surface area contributed by atoms with E-state index in [1.165, 1.54) is 0 Å². The third-order valence-corrected chi connectivity index (χ3v) is 4.09. The fourth-order valence-corrected chi connectivity index (χ4v) is 2.92. The maximum absolute atomic E-state index is 11.1.